The van der Waals surface area contributed by atoms with Gasteiger partial charge in [-0.05, 0) is 37.5 Å². The Balaban J connectivity index is 1.89. The molecule has 0 saturated carbocycles. The van der Waals surface area contributed by atoms with Gasteiger partial charge in [-0.15, -0.1) is 6.58 Å². The number of thioether (sulfide) groups is 1. The van der Waals surface area contributed by atoms with Crippen molar-refractivity contribution in [3.05, 3.63) is 57.4 Å². The number of rotatable bonds is 4. The number of anilines is 1. The fraction of sp³-hybridized carbons (Fsp3) is 0.300. The third-order valence-electron chi connectivity index (χ3n) is 4.85. The molecule has 0 bridgehead atoms. The third-order valence-corrected chi connectivity index (χ3v) is 6.23. The van der Waals surface area contributed by atoms with Crippen molar-refractivity contribution >= 4 is 51.7 Å². The van der Waals surface area contributed by atoms with Gasteiger partial charge in [0, 0.05) is 25.8 Å². The Morgan fingerprint density at radius 3 is 2.75 bits per heavy atom. The molecule has 0 aliphatic carbocycles. The van der Waals surface area contributed by atoms with Crippen LogP contribution in [-0.2, 0) is 4.79 Å². The van der Waals surface area contributed by atoms with Gasteiger partial charge in [0.2, 0.25) is 0 Å². The highest BCUT2D eigenvalue weighted by molar-refractivity contribution is 8.26. The standard InChI is InChI=1S/C20H20N4O2S2/c1-3-8-23-19(26)15(28-20(23)27)11-14-17(22-9-4-5-10-22)21-16-7-6-13(2)12-24(16)18(14)25/h3,6-7,11-12H,1,4-5,8-10H2,2H3/b15-11+. The summed E-state index contributed by atoms with van der Waals surface area (Å²) in [5, 5.41) is 0. The first-order valence-corrected chi connectivity index (χ1v) is 10.4. The van der Waals surface area contributed by atoms with Gasteiger partial charge in [-0.2, -0.15) is 0 Å². The number of aryl methyl sites for hydroxylation is 1. The van der Waals surface area contributed by atoms with Crippen LogP contribution >= 0.6 is 24.0 Å². The van der Waals surface area contributed by atoms with Crippen molar-refractivity contribution in [2.75, 3.05) is 24.5 Å². The summed E-state index contributed by atoms with van der Waals surface area (Å²) in [6.45, 7) is 7.67. The number of pyridine rings is 1. The van der Waals surface area contributed by atoms with Crippen LogP contribution in [0.1, 0.15) is 24.0 Å². The number of carbonyl (C=O) groups is 1. The number of hydrogen-bond acceptors (Lipinski definition) is 6. The number of amides is 1. The lowest BCUT2D eigenvalue weighted by Gasteiger charge is -2.19. The molecule has 8 heteroatoms. The number of fused-ring (bicyclic) bond motifs is 1. The van der Waals surface area contributed by atoms with Gasteiger partial charge in [0.05, 0.1) is 10.5 Å². The van der Waals surface area contributed by atoms with Crippen LogP contribution < -0.4 is 10.5 Å². The lowest BCUT2D eigenvalue weighted by Crippen LogP contribution is -2.28. The lowest BCUT2D eigenvalue weighted by atomic mass is 10.2. The van der Waals surface area contributed by atoms with E-state index in [1.807, 2.05) is 19.1 Å². The summed E-state index contributed by atoms with van der Waals surface area (Å²) in [6, 6.07) is 3.79. The predicted octanol–water partition coefficient (Wildman–Crippen LogP) is 2.99. The summed E-state index contributed by atoms with van der Waals surface area (Å²) >= 11 is 6.53. The maximum atomic E-state index is 13.3. The highest BCUT2D eigenvalue weighted by Crippen LogP contribution is 2.33. The molecule has 2 fully saturated rings. The zero-order chi connectivity index (χ0) is 19.8. The lowest BCUT2D eigenvalue weighted by molar-refractivity contribution is -0.121. The Kier molecular flexibility index (Phi) is 5.07. The first kappa shape index (κ1) is 18.9. The molecule has 4 heterocycles. The Hall–Kier alpha value is -2.45. The van der Waals surface area contributed by atoms with Crippen molar-refractivity contribution in [3.8, 4) is 0 Å². The van der Waals surface area contributed by atoms with Crippen LogP contribution in [0, 0.1) is 6.92 Å². The van der Waals surface area contributed by atoms with Gasteiger partial charge in [0.15, 0.2) is 0 Å². The molecule has 2 aliphatic rings. The number of hydrogen-bond donors (Lipinski definition) is 0. The number of nitrogens with zero attached hydrogens (tertiary/aromatic N) is 4. The van der Waals surface area contributed by atoms with E-state index in [0.717, 1.165) is 31.5 Å². The minimum atomic E-state index is -0.198. The molecule has 0 unspecified atom stereocenters. The summed E-state index contributed by atoms with van der Waals surface area (Å²) in [7, 11) is 0. The predicted molar refractivity (Wildman–Crippen MR) is 118 cm³/mol. The molecule has 0 radical (unpaired) electrons. The van der Waals surface area contributed by atoms with Crippen molar-refractivity contribution in [2.45, 2.75) is 19.8 Å². The van der Waals surface area contributed by atoms with Crippen molar-refractivity contribution < 1.29 is 4.79 Å². The second-order valence-electron chi connectivity index (χ2n) is 6.86. The van der Waals surface area contributed by atoms with Crippen LogP contribution in [0.5, 0.6) is 0 Å². The van der Waals surface area contributed by atoms with E-state index in [4.69, 9.17) is 17.2 Å². The van der Waals surface area contributed by atoms with Crippen LogP contribution in [0.15, 0.2) is 40.7 Å². The molecule has 6 nitrogen and oxygen atoms in total. The van der Waals surface area contributed by atoms with Crippen molar-refractivity contribution in [3.63, 3.8) is 0 Å². The normalized spacial score (nSPS) is 18.7. The van der Waals surface area contributed by atoms with Gasteiger partial charge in [0.25, 0.3) is 11.5 Å². The SMILES string of the molecule is C=CCN1C(=O)/C(=C\c2c(N3CCCC3)nc3ccc(C)cn3c2=O)SC1=S. The molecule has 2 saturated heterocycles. The zero-order valence-corrected chi connectivity index (χ0v) is 17.2. The number of thiocarbonyl (C=S) groups is 1. The minimum absolute atomic E-state index is 0.176. The van der Waals surface area contributed by atoms with Crippen LogP contribution in [0.2, 0.25) is 0 Å². The highest BCUT2D eigenvalue weighted by Gasteiger charge is 2.32. The highest BCUT2D eigenvalue weighted by atomic mass is 32.2. The molecule has 144 valence electrons. The second kappa shape index (κ2) is 7.52. The topological polar surface area (TPSA) is 57.9 Å². The summed E-state index contributed by atoms with van der Waals surface area (Å²) in [4.78, 5) is 34.9. The Labute approximate surface area is 172 Å². The second-order valence-corrected chi connectivity index (χ2v) is 8.54. The van der Waals surface area contributed by atoms with E-state index in [0.29, 0.717) is 32.8 Å². The van der Waals surface area contributed by atoms with E-state index in [1.54, 1.807) is 22.7 Å². The van der Waals surface area contributed by atoms with Gasteiger partial charge in [-0.1, -0.05) is 36.1 Å². The van der Waals surface area contributed by atoms with E-state index >= 15 is 0 Å². The summed E-state index contributed by atoms with van der Waals surface area (Å²) in [5.41, 5.74) is 1.83. The molecule has 0 N–H and O–H groups in total. The first-order valence-electron chi connectivity index (χ1n) is 9.14. The smallest absolute Gasteiger partial charge is 0.267 e. The van der Waals surface area contributed by atoms with Crippen LogP contribution in [0.25, 0.3) is 11.7 Å². The molecule has 2 aromatic rings. The molecule has 2 aliphatic heterocycles. The summed E-state index contributed by atoms with van der Waals surface area (Å²) < 4.78 is 2.02. The van der Waals surface area contributed by atoms with Gasteiger partial charge in [0.1, 0.15) is 15.8 Å². The van der Waals surface area contributed by atoms with Crippen LogP contribution in [-0.4, -0.2) is 44.1 Å². The summed E-state index contributed by atoms with van der Waals surface area (Å²) in [6.07, 6.45) is 7.20. The molecule has 4 rings (SSSR count). The van der Waals surface area contributed by atoms with Crippen LogP contribution in [0.3, 0.4) is 0 Å². The number of aromatic nitrogens is 2. The molecule has 2 aromatic heterocycles. The molecule has 0 aromatic carbocycles. The number of carbonyl (C=O) groups excluding carboxylic acids is 1. The van der Waals surface area contributed by atoms with E-state index < -0.39 is 0 Å². The van der Waals surface area contributed by atoms with Crippen molar-refractivity contribution in [1.29, 1.82) is 0 Å². The van der Waals surface area contributed by atoms with E-state index in [1.165, 1.54) is 16.7 Å². The average molecular weight is 413 g/mol. The van der Waals surface area contributed by atoms with Gasteiger partial charge in [-0.25, -0.2) is 4.98 Å². The van der Waals surface area contributed by atoms with Crippen LogP contribution in [0.4, 0.5) is 5.82 Å². The van der Waals surface area contributed by atoms with Gasteiger partial charge >= 0.3 is 0 Å². The average Bonchev–Trinajstić information content (AvgIpc) is 3.29. The van der Waals surface area contributed by atoms with E-state index in [9.17, 15) is 9.59 Å². The Morgan fingerprint density at radius 1 is 1.29 bits per heavy atom. The molecule has 0 atom stereocenters. The Morgan fingerprint density at radius 2 is 2.04 bits per heavy atom. The zero-order valence-electron chi connectivity index (χ0n) is 15.6. The molecule has 28 heavy (non-hydrogen) atoms. The molecular formula is C20H20N4O2S2. The molecular weight excluding hydrogens is 392 g/mol. The fourth-order valence-electron chi connectivity index (χ4n) is 3.46. The first-order chi connectivity index (χ1) is 13.5. The fourth-order valence-corrected chi connectivity index (χ4v) is 4.72. The van der Waals surface area contributed by atoms with Crippen molar-refractivity contribution in [1.82, 2.24) is 14.3 Å². The minimum Gasteiger partial charge on any atom is -0.356 e. The molecule has 0 spiro atoms. The monoisotopic (exact) mass is 412 g/mol. The maximum Gasteiger partial charge on any atom is 0.267 e. The van der Waals surface area contributed by atoms with Crippen molar-refractivity contribution in [2.24, 2.45) is 0 Å². The maximum absolute atomic E-state index is 13.3. The third kappa shape index (κ3) is 3.27. The Bertz CT molecular complexity index is 1080. The molecule has 1 amide bonds. The van der Waals surface area contributed by atoms with E-state index in [-0.39, 0.29) is 11.5 Å². The van der Waals surface area contributed by atoms with Gasteiger partial charge < -0.3 is 4.90 Å². The largest absolute Gasteiger partial charge is 0.356 e. The van der Waals surface area contributed by atoms with E-state index in [2.05, 4.69) is 11.5 Å². The van der Waals surface area contributed by atoms with Gasteiger partial charge in [-0.3, -0.25) is 18.9 Å². The quantitative estimate of drug-likeness (QED) is 0.437. The summed E-state index contributed by atoms with van der Waals surface area (Å²) in [5.74, 6) is 0.441.